The number of rotatable bonds is 4. The zero-order valence-corrected chi connectivity index (χ0v) is 11.1. The van der Waals surface area contributed by atoms with Gasteiger partial charge in [0.05, 0.1) is 4.88 Å². The second kappa shape index (κ2) is 5.67. The van der Waals surface area contributed by atoms with Gasteiger partial charge in [-0.15, -0.1) is 11.3 Å². The van der Waals surface area contributed by atoms with Crippen molar-refractivity contribution >= 4 is 23.2 Å². The van der Waals surface area contributed by atoms with Crippen LogP contribution in [0.4, 0.5) is 0 Å². The summed E-state index contributed by atoms with van der Waals surface area (Å²) in [5.41, 5.74) is 1.43. The molecule has 5 heteroatoms. The first-order chi connectivity index (χ1) is 9.09. The molecule has 2 rings (SSSR count). The normalized spacial score (nSPS) is 11.8. The van der Waals surface area contributed by atoms with Crippen LogP contribution in [-0.2, 0) is 4.79 Å². The predicted molar refractivity (Wildman–Crippen MR) is 73.3 cm³/mol. The number of thiophene rings is 1. The number of hydrogen-bond acceptors (Lipinski definition) is 3. The van der Waals surface area contributed by atoms with Crippen LogP contribution in [0.3, 0.4) is 0 Å². The topological polar surface area (TPSA) is 66.4 Å². The van der Waals surface area contributed by atoms with Crippen molar-refractivity contribution in [2.75, 3.05) is 0 Å². The van der Waals surface area contributed by atoms with Crippen LogP contribution >= 0.6 is 11.3 Å². The maximum Gasteiger partial charge on any atom is 0.330 e. The van der Waals surface area contributed by atoms with Crippen LogP contribution in [0.15, 0.2) is 41.8 Å². The number of benzene rings is 1. The Hall–Kier alpha value is -2.14. The minimum atomic E-state index is -1.07. The van der Waals surface area contributed by atoms with Gasteiger partial charge in [-0.05, 0) is 29.5 Å². The van der Waals surface area contributed by atoms with Gasteiger partial charge in [0, 0.05) is 0 Å². The largest absolute Gasteiger partial charge is 0.479 e. The van der Waals surface area contributed by atoms with Crippen molar-refractivity contribution in [1.29, 1.82) is 0 Å². The molecule has 0 aliphatic rings. The lowest BCUT2D eigenvalue weighted by Crippen LogP contribution is -2.33. The molecule has 2 N–H and O–H groups in total. The summed E-state index contributed by atoms with van der Waals surface area (Å²) in [7, 11) is 0. The van der Waals surface area contributed by atoms with Gasteiger partial charge in [0.2, 0.25) is 0 Å². The van der Waals surface area contributed by atoms with Gasteiger partial charge in [-0.25, -0.2) is 4.79 Å². The van der Waals surface area contributed by atoms with E-state index in [9.17, 15) is 14.7 Å². The maximum atomic E-state index is 11.9. The summed E-state index contributed by atoms with van der Waals surface area (Å²) in [4.78, 5) is 23.8. The number of carboxylic acid groups (broad SMARTS) is 1. The van der Waals surface area contributed by atoms with Crippen molar-refractivity contribution in [2.24, 2.45) is 0 Å². The van der Waals surface area contributed by atoms with Crippen LogP contribution in [0.5, 0.6) is 0 Å². The standard InChI is InChI=1S/C14H13NO3S/c1-9-5-2-3-6-10(9)12(14(17)18)15-13(16)11-7-4-8-19-11/h2-8,12H,1H3,(H,15,16)(H,17,18). The van der Waals surface area contributed by atoms with Crippen LogP contribution in [0, 0.1) is 6.92 Å². The molecule has 0 aliphatic heterocycles. The monoisotopic (exact) mass is 275 g/mol. The molecular weight excluding hydrogens is 262 g/mol. The van der Waals surface area contributed by atoms with E-state index < -0.39 is 12.0 Å². The van der Waals surface area contributed by atoms with Gasteiger partial charge in [-0.2, -0.15) is 0 Å². The first-order valence-electron chi connectivity index (χ1n) is 5.72. The van der Waals surface area contributed by atoms with E-state index in [2.05, 4.69) is 5.32 Å². The molecule has 1 aromatic carbocycles. The number of aliphatic carboxylic acids is 1. The molecule has 0 aliphatic carbocycles. The van der Waals surface area contributed by atoms with Crippen molar-refractivity contribution in [3.8, 4) is 0 Å². The molecule has 2 aromatic rings. The summed E-state index contributed by atoms with van der Waals surface area (Å²) in [6.45, 7) is 1.82. The van der Waals surface area contributed by atoms with Crippen LogP contribution < -0.4 is 5.32 Å². The highest BCUT2D eigenvalue weighted by Crippen LogP contribution is 2.19. The number of carbonyl (C=O) groups is 2. The minimum Gasteiger partial charge on any atom is -0.479 e. The SMILES string of the molecule is Cc1ccccc1C(NC(=O)c1cccs1)C(=O)O. The van der Waals surface area contributed by atoms with Gasteiger partial charge in [0.1, 0.15) is 0 Å². The lowest BCUT2D eigenvalue weighted by Gasteiger charge is -2.16. The van der Waals surface area contributed by atoms with Gasteiger partial charge in [0.15, 0.2) is 6.04 Å². The lowest BCUT2D eigenvalue weighted by atomic mass is 10.0. The van der Waals surface area contributed by atoms with Gasteiger partial charge < -0.3 is 10.4 Å². The van der Waals surface area contributed by atoms with Gasteiger partial charge in [-0.1, -0.05) is 30.3 Å². The molecular formula is C14H13NO3S. The molecule has 0 radical (unpaired) electrons. The summed E-state index contributed by atoms with van der Waals surface area (Å²) in [6, 6.07) is 9.51. The fourth-order valence-electron chi connectivity index (χ4n) is 1.79. The summed E-state index contributed by atoms with van der Waals surface area (Å²) >= 11 is 1.28. The first kappa shape index (κ1) is 13.3. The smallest absolute Gasteiger partial charge is 0.330 e. The lowest BCUT2D eigenvalue weighted by molar-refractivity contribution is -0.139. The predicted octanol–water partition coefficient (Wildman–Crippen LogP) is 2.61. The highest BCUT2D eigenvalue weighted by atomic mass is 32.1. The summed E-state index contributed by atoms with van der Waals surface area (Å²) in [5.74, 6) is -1.44. The number of carbonyl (C=O) groups excluding carboxylic acids is 1. The highest BCUT2D eigenvalue weighted by Gasteiger charge is 2.24. The number of hydrogen-bond donors (Lipinski definition) is 2. The van der Waals surface area contributed by atoms with Crippen LogP contribution in [-0.4, -0.2) is 17.0 Å². The van der Waals surface area contributed by atoms with Crippen LogP contribution in [0.1, 0.15) is 26.8 Å². The first-order valence-corrected chi connectivity index (χ1v) is 6.60. The Balaban J connectivity index is 2.25. The zero-order chi connectivity index (χ0) is 13.8. The van der Waals surface area contributed by atoms with E-state index in [1.807, 2.05) is 19.1 Å². The molecule has 98 valence electrons. The van der Waals surface area contributed by atoms with E-state index >= 15 is 0 Å². The third-order valence-corrected chi connectivity index (χ3v) is 3.64. The van der Waals surface area contributed by atoms with E-state index in [4.69, 9.17) is 0 Å². The van der Waals surface area contributed by atoms with Crippen molar-refractivity contribution in [3.63, 3.8) is 0 Å². The molecule has 0 fully saturated rings. The molecule has 1 aromatic heterocycles. The van der Waals surface area contributed by atoms with Gasteiger partial charge in [-0.3, -0.25) is 4.79 Å². The fraction of sp³-hybridized carbons (Fsp3) is 0.143. The van der Waals surface area contributed by atoms with Crippen molar-refractivity contribution in [1.82, 2.24) is 5.32 Å². The molecule has 0 saturated heterocycles. The van der Waals surface area contributed by atoms with Crippen molar-refractivity contribution in [3.05, 3.63) is 57.8 Å². The number of amides is 1. The molecule has 1 atom stereocenters. The second-order valence-electron chi connectivity index (χ2n) is 4.08. The molecule has 4 nitrogen and oxygen atoms in total. The third-order valence-electron chi connectivity index (χ3n) is 2.77. The van der Waals surface area contributed by atoms with E-state index in [1.165, 1.54) is 11.3 Å². The average Bonchev–Trinajstić information content (AvgIpc) is 2.90. The van der Waals surface area contributed by atoms with Crippen LogP contribution in [0.25, 0.3) is 0 Å². The second-order valence-corrected chi connectivity index (χ2v) is 5.03. The van der Waals surface area contributed by atoms with E-state index in [-0.39, 0.29) is 5.91 Å². The Morgan fingerprint density at radius 2 is 1.95 bits per heavy atom. The summed E-state index contributed by atoms with van der Waals surface area (Å²) in [6.07, 6.45) is 0. The molecule has 0 bridgehead atoms. The van der Waals surface area contributed by atoms with Crippen molar-refractivity contribution < 1.29 is 14.7 Å². The maximum absolute atomic E-state index is 11.9. The summed E-state index contributed by atoms with van der Waals surface area (Å²) in [5, 5.41) is 13.6. The minimum absolute atomic E-state index is 0.370. The fourth-order valence-corrected chi connectivity index (χ4v) is 2.42. The number of nitrogens with one attached hydrogen (secondary N) is 1. The summed E-state index contributed by atoms with van der Waals surface area (Å²) < 4.78 is 0. The Bertz CT molecular complexity index is 592. The molecule has 1 heterocycles. The van der Waals surface area contributed by atoms with E-state index in [0.29, 0.717) is 10.4 Å². The van der Waals surface area contributed by atoms with Crippen molar-refractivity contribution in [2.45, 2.75) is 13.0 Å². The zero-order valence-electron chi connectivity index (χ0n) is 10.3. The number of carboxylic acids is 1. The Kier molecular flexibility index (Phi) is 3.97. The highest BCUT2D eigenvalue weighted by molar-refractivity contribution is 7.12. The van der Waals surface area contributed by atoms with E-state index in [0.717, 1.165) is 5.56 Å². The Morgan fingerprint density at radius 3 is 2.53 bits per heavy atom. The average molecular weight is 275 g/mol. The molecule has 0 spiro atoms. The van der Waals surface area contributed by atoms with Gasteiger partial charge >= 0.3 is 5.97 Å². The molecule has 19 heavy (non-hydrogen) atoms. The quantitative estimate of drug-likeness (QED) is 0.901. The number of aryl methyl sites for hydroxylation is 1. The molecule has 0 saturated carbocycles. The van der Waals surface area contributed by atoms with Gasteiger partial charge in [0.25, 0.3) is 5.91 Å². The van der Waals surface area contributed by atoms with E-state index in [1.54, 1.807) is 29.6 Å². The third kappa shape index (κ3) is 3.00. The Morgan fingerprint density at radius 1 is 1.21 bits per heavy atom. The molecule has 1 amide bonds. The molecule has 1 unspecified atom stereocenters. The van der Waals surface area contributed by atoms with Crippen LogP contribution in [0.2, 0.25) is 0 Å². The Labute approximate surface area is 114 Å².